The van der Waals surface area contributed by atoms with Crippen molar-refractivity contribution in [3.63, 3.8) is 0 Å². The molecule has 30 heavy (non-hydrogen) atoms. The van der Waals surface area contributed by atoms with Gasteiger partial charge < -0.3 is 15.2 Å². The summed E-state index contributed by atoms with van der Waals surface area (Å²) < 4.78 is 0. The second kappa shape index (κ2) is 6.69. The number of hydrogen-bond acceptors (Lipinski definition) is 3. The number of para-hydroxylation sites is 1. The fourth-order valence-corrected chi connectivity index (χ4v) is 4.63. The highest BCUT2D eigenvalue weighted by Crippen LogP contribution is 2.44. The van der Waals surface area contributed by atoms with Gasteiger partial charge in [-0.15, -0.1) is 0 Å². The quantitative estimate of drug-likeness (QED) is 0.695. The fraction of sp³-hybridized carbons (Fsp3) is 0.208. The number of amides is 2. The maximum atomic E-state index is 13.3. The van der Waals surface area contributed by atoms with Crippen molar-refractivity contribution < 1.29 is 9.59 Å². The van der Waals surface area contributed by atoms with Crippen LogP contribution < -0.4 is 10.9 Å². The Balaban J connectivity index is 1.50. The Morgan fingerprint density at radius 1 is 1.03 bits per heavy atom. The SMILES string of the molecule is Cc1[nH]c(=O)c(C(=O)N2CCC3(C2)C(=O)Nc2ccccc23)cc1-c1ccccc1. The molecule has 2 aromatic carbocycles. The van der Waals surface area contributed by atoms with Crippen LogP contribution in [0.4, 0.5) is 5.69 Å². The molecule has 0 aliphatic carbocycles. The number of benzene rings is 2. The van der Waals surface area contributed by atoms with Crippen molar-refractivity contribution in [3.05, 3.63) is 87.8 Å². The van der Waals surface area contributed by atoms with Crippen molar-refractivity contribution in [1.29, 1.82) is 0 Å². The van der Waals surface area contributed by atoms with Gasteiger partial charge in [0.25, 0.3) is 11.5 Å². The van der Waals surface area contributed by atoms with E-state index < -0.39 is 11.0 Å². The number of likely N-dealkylation sites (tertiary alicyclic amines) is 1. The van der Waals surface area contributed by atoms with E-state index in [1.807, 2.05) is 61.5 Å². The molecule has 6 nitrogen and oxygen atoms in total. The van der Waals surface area contributed by atoms with Crippen LogP contribution in [0.2, 0.25) is 0 Å². The normalized spacial score (nSPS) is 19.8. The molecule has 150 valence electrons. The number of H-pyrrole nitrogens is 1. The van der Waals surface area contributed by atoms with E-state index in [0.29, 0.717) is 18.7 Å². The second-order valence-corrected chi connectivity index (χ2v) is 7.98. The molecular formula is C24H21N3O3. The molecule has 2 amide bonds. The third kappa shape index (κ3) is 2.68. The first-order chi connectivity index (χ1) is 14.5. The topological polar surface area (TPSA) is 82.3 Å². The van der Waals surface area contributed by atoms with Gasteiger partial charge >= 0.3 is 0 Å². The van der Waals surface area contributed by atoms with Crippen LogP contribution in [0.5, 0.6) is 0 Å². The molecule has 2 N–H and O–H groups in total. The van der Waals surface area contributed by atoms with E-state index in [-0.39, 0.29) is 23.9 Å². The number of hydrogen-bond donors (Lipinski definition) is 2. The summed E-state index contributed by atoms with van der Waals surface area (Å²) in [5.74, 6) is -0.427. The van der Waals surface area contributed by atoms with E-state index in [0.717, 1.165) is 22.4 Å². The second-order valence-electron chi connectivity index (χ2n) is 7.98. The van der Waals surface area contributed by atoms with Crippen LogP contribution in [-0.2, 0) is 10.2 Å². The van der Waals surface area contributed by atoms with Crippen LogP contribution >= 0.6 is 0 Å². The summed E-state index contributed by atoms with van der Waals surface area (Å²) in [6.45, 7) is 2.51. The van der Waals surface area contributed by atoms with Gasteiger partial charge in [0, 0.05) is 30.0 Å². The van der Waals surface area contributed by atoms with E-state index in [1.54, 1.807) is 11.0 Å². The van der Waals surface area contributed by atoms with Crippen LogP contribution in [0.15, 0.2) is 65.5 Å². The van der Waals surface area contributed by atoms with Crippen LogP contribution in [0.3, 0.4) is 0 Å². The third-order valence-corrected chi connectivity index (χ3v) is 6.24. The Kier molecular flexibility index (Phi) is 4.10. The zero-order valence-electron chi connectivity index (χ0n) is 16.6. The molecule has 0 bridgehead atoms. The third-order valence-electron chi connectivity index (χ3n) is 6.24. The molecule has 1 atom stereocenters. The number of anilines is 1. The van der Waals surface area contributed by atoms with Gasteiger partial charge in [-0.05, 0) is 36.6 Å². The minimum atomic E-state index is -0.744. The van der Waals surface area contributed by atoms with Crippen molar-refractivity contribution >= 4 is 17.5 Å². The smallest absolute Gasteiger partial charge is 0.261 e. The molecule has 1 aromatic heterocycles. The van der Waals surface area contributed by atoms with E-state index in [1.165, 1.54) is 0 Å². The summed E-state index contributed by atoms with van der Waals surface area (Å²) in [6, 6.07) is 18.9. The first-order valence-electron chi connectivity index (χ1n) is 9.99. The minimum Gasteiger partial charge on any atom is -0.337 e. The van der Waals surface area contributed by atoms with E-state index in [9.17, 15) is 14.4 Å². The highest BCUT2D eigenvalue weighted by molar-refractivity contribution is 6.07. The number of aromatic amines is 1. The van der Waals surface area contributed by atoms with Gasteiger partial charge in [0.15, 0.2) is 0 Å². The number of rotatable bonds is 2. The lowest BCUT2D eigenvalue weighted by Crippen LogP contribution is -2.40. The molecule has 0 radical (unpaired) electrons. The van der Waals surface area contributed by atoms with Crippen LogP contribution in [0.25, 0.3) is 11.1 Å². The number of aryl methyl sites for hydroxylation is 1. The Hall–Kier alpha value is -3.67. The predicted molar refractivity (Wildman–Crippen MR) is 115 cm³/mol. The van der Waals surface area contributed by atoms with Gasteiger partial charge in [-0.25, -0.2) is 0 Å². The van der Waals surface area contributed by atoms with Crippen LogP contribution in [0.1, 0.15) is 28.0 Å². The van der Waals surface area contributed by atoms with Crippen molar-refractivity contribution in [2.75, 3.05) is 18.4 Å². The fourth-order valence-electron chi connectivity index (χ4n) is 4.63. The Labute approximate surface area is 173 Å². The first-order valence-corrected chi connectivity index (χ1v) is 9.99. The van der Waals surface area contributed by atoms with Crippen LogP contribution in [0, 0.1) is 6.92 Å². The molecule has 0 saturated carbocycles. The van der Waals surface area contributed by atoms with Gasteiger partial charge in [-0.1, -0.05) is 48.5 Å². The lowest BCUT2D eigenvalue weighted by atomic mass is 9.81. The van der Waals surface area contributed by atoms with Crippen LogP contribution in [-0.4, -0.2) is 34.8 Å². The lowest BCUT2D eigenvalue weighted by Gasteiger charge is -2.22. The molecular weight excluding hydrogens is 378 g/mol. The summed E-state index contributed by atoms with van der Waals surface area (Å²) >= 11 is 0. The summed E-state index contributed by atoms with van der Waals surface area (Å²) in [5.41, 5.74) is 3.14. The van der Waals surface area contributed by atoms with Gasteiger partial charge in [0.1, 0.15) is 5.56 Å². The number of pyridine rings is 1. The van der Waals surface area contributed by atoms with Gasteiger partial charge in [-0.3, -0.25) is 14.4 Å². The van der Waals surface area contributed by atoms with Gasteiger partial charge in [0.05, 0.1) is 5.41 Å². The first kappa shape index (κ1) is 18.4. The number of carbonyl (C=O) groups excluding carboxylic acids is 2. The Bertz CT molecular complexity index is 1230. The average molecular weight is 399 g/mol. The van der Waals surface area contributed by atoms with Crippen molar-refractivity contribution in [3.8, 4) is 11.1 Å². The largest absolute Gasteiger partial charge is 0.337 e. The molecule has 2 aliphatic heterocycles. The van der Waals surface area contributed by atoms with Gasteiger partial charge in [0.2, 0.25) is 5.91 Å². The molecule has 5 rings (SSSR count). The zero-order valence-corrected chi connectivity index (χ0v) is 16.6. The number of carbonyl (C=O) groups is 2. The highest BCUT2D eigenvalue weighted by Gasteiger charge is 2.52. The number of nitrogens with one attached hydrogen (secondary N) is 2. The maximum absolute atomic E-state index is 13.3. The minimum absolute atomic E-state index is 0.0817. The molecule has 1 saturated heterocycles. The number of nitrogens with zero attached hydrogens (tertiary/aromatic N) is 1. The summed E-state index contributed by atoms with van der Waals surface area (Å²) in [6.07, 6.45) is 0.539. The molecule has 1 unspecified atom stereocenters. The van der Waals surface area contributed by atoms with E-state index in [2.05, 4.69) is 10.3 Å². The van der Waals surface area contributed by atoms with Crippen molar-refractivity contribution in [2.45, 2.75) is 18.8 Å². The van der Waals surface area contributed by atoms with E-state index >= 15 is 0 Å². The molecule has 1 fully saturated rings. The number of fused-ring (bicyclic) bond motifs is 2. The molecule has 6 heteroatoms. The summed E-state index contributed by atoms with van der Waals surface area (Å²) in [7, 11) is 0. The Morgan fingerprint density at radius 3 is 2.57 bits per heavy atom. The molecule has 2 aliphatic rings. The molecule has 3 heterocycles. The standard InChI is InChI=1S/C24H21N3O3/c1-15-17(16-7-3-2-4-8-16)13-18(21(28)25-15)22(29)27-12-11-24(14-27)19-9-5-6-10-20(19)26-23(24)30/h2-10,13H,11-12,14H2,1H3,(H,25,28)(H,26,30). The maximum Gasteiger partial charge on any atom is 0.261 e. The van der Waals surface area contributed by atoms with Crippen molar-refractivity contribution in [1.82, 2.24) is 9.88 Å². The Morgan fingerprint density at radius 2 is 1.77 bits per heavy atom. The lowest BCUT2D eigenvalue weighted by molar-refractivity contribution is -0.120. The van der Waals surface area contributed by atoms with Gasteiger partial charge in [-0.2, -0.15) is 0 Å². The zero-order chi connectivity index (χ0) is 20.9. The summed E-state index contributed by atoms with van der Waals surface area (Å²) in [4.78, 5) is 43.1. The highest BCUT2D eigenvalue weighted by atomic mass is 16.2. The molecule has 1 spiro atoms. The molecule has 3 aromatic rings. The average Bonchev–Trinajstić information content (AvgIpc) is 3.32. The number of aromatic nitrogens is 1. The van der Waals surface area contributed by atoms with E-state index in [4.69, 9.17) is 0 Å². The van der Waals surface area contributed by atoms with Crippen molar-refractivity contribution in [2.24, 2.45) is 0 Å². The monoisotopic (exact) mass is 399 g/mol. The predicted octanol–water partition coefficient (Wildman–Crippen LogP) is 3.09. The summed E-state index contributed by atoms with van der Waals surface area (Å²) in [5, 5.41) is 2.93.